The Hall–Kier alpha value is -5.41. The minimum atomic E-state index is -4.73. The van der Waals surface area contributed by atoms with Gasteiger partial charge in [-0.15, -0.1) is 0 Å². The fraction of sp³-hybridized carbons (Fsp3) is 0.345. The minimum Gasteiger partial charge on any atom is -0.483 e. The Labute approximate surface area is 275 Å². The number of piperazine rings is 1. The Morgan fingerprint density at radius 2 is 1.88 bits per heavy atom. The molecule has 2 fully saturated rings. The number of hydrogen-bond donors (Lipinski definition) is 4. The summed E-state index contributed by atoms with van der Waals surface area (Å²) in [5, 5.41) is 28.7. The molecule has 2 aliphatic rings. The Bertz CT molecular complexity index is 1840. The molecular formula is C29H29ClF3N11O4. The highest BCUT2D eigenvalue weighted by molar-refractivity contribution is 6.34. The van der Waals surface area contributed by atoms with Gasteiger partial charge in [0.2, 0.25) is 0 Å². The molecule has 3 aromatic heterocycles. The number of carbonyl (C=O) groups excluding carboxylic acids is 2. The highest BCUT2D eigenvalue weighted by atomic mass is 35.5. The van der Waals surface area contributed by atoms with Gasteiger partial charge in [-0.05, 0) is 18.2 Å². The van der Waals surface area contributed by atoms with E-state index in [9.17, 15) is 22.8 Å². The van der Waals surface area contributed by atoms with Crippen molar-refractivity contribution < 1.29 is 32.7 Å². The van der Waals surface area contributed by atoms with Gasteiger partial charge in [-0.25, -0.2) is 14.8 Å². The molecule has 0 bridgehead atoms. The number of amides is 3. The van der Waals surface area contributed by atoms with Crippen LogP contribution in [0.3, 0.4) is 0 Å². The van der Waals surface area contributed by atoms with Crippen LogP contribution in [0.1, 0.15) is 22.5 Å². The van der Waals surface area contributed by atoms with Crippen LogP contribution in [0.25, 0.3) is 16.9 Å². The van der Waals surface area contributed by atoms with Crippen molar-refractivity contribution in [2.75, 3.05) is 44.6 Å². The third-order valence-corrected chi connectivity index (χ3v) is 7.92. The van der Waals surface area contributed by atoms with Crippen LogP contribution in [-0.2, 0) is 17.5 Å². The zero-order valence-electron chi connectivity index (χ0n) is 25.1. The summed E-state index contributed by atoms with van der Waals surface area (Å²) < 4.78 is 44.1. The largest absolute Gasteiger partial charge is 0.483 e. The third-order valence-electron chi connectivity index (χ3n) is 7.61. The number of carbonyl (C=O) groups is 3. The highest BCUT2D eigenvalue weighted by Gasteiger charge is 2.38. The van der Waals surface area contributed by atoms with Gasteiger partial charge in [-0.1, -0.05) is 11.6 Å². The number of benzene rings is 1. The zero-order chi connectivity index (χ0) is 34.4. The van der Waals surface area contributed by atoms with Crippen LogP contribution in [0.4, 0.5) is 29.5 Å². The molecule has 0 unspecified atom stereocenters. The minimum absolute atomic E-state index is 0.00442. The third kappa shape index (κ3) is 7.42. The lowest BCUT2D eigenvalue weighted by Gasteiger charge is -2.37. The first kappa shape index (κ1) is 33.9. The van der Waals surface area contributed by atoms with Crippen molar-refractivity contribution in [3.63, 3.8) is 0 Å². The van der Waals surface area contributed by atoms with Crippen LogP contribution >= 0.6 is 11.6 Å². The summed E-state index contributed by atoms with van der Waals surface area (Å²) in [5.74, 6) is -0.0138. The van der Waals surface area contributed by atoms with Crippen molar-refractivity contribution in [1.82, 2.24) is 44.6 Å². The van der Waals surface area contributed by atoms with E-state index in [2.05, 4.69) is 31.0 Å². The number of nitrogens with zero attached hydrogens (tertiary/aromatic N) is 8. The number of nitriles is 1. The topological polar surface area (TPSA) is 186 Å². The molecule has 48 heavy (non-hydrogen) atoms. The standard InChI is InChI=1S/C28H27ClF3N11O2.CH2O2/c29-21-12-17(2-3-19(21)26(44)40-8-10-41(11-9-40)27(45)38-18-13-34-14-18)37-24-25-36-15-22(43(25)7-5-35-24)20-16-42(6-1-4-33)39-23(20)28(30,31)32;2-1-3/h2-3,5,7,12,15-16,18,34H,1,6,8-11,13-14H2,(H,35,37)(H,38,45);1H,(H,2,3). The molecule has 2 saturated heterocycles. The molecule has 5 heterocycles. The van der Waals surface area contributed by atoms with Crippen LogP contribution in [0.15, 0.2) is 43.0 Å². The second kappa shape index (κ2) is 14.6. The molecule has 3 amide bonds. The number of hydrogen-bond acceptors (Lipinski definition) is 9. The second-order valence-corrected chi connectivity index (χ2v) is 11.1. The van der Waals surface area contributed by atoms with Crippen molar-refractivity contribution in [3.05, 3.63) is 59.3 Å². The number of urea groups is 1. The van der Waals surface area contributed by atoms with Crippen LogP contribution in [-0.4, -0.2) is 103 Å². The van der Waals surface area contributed by atoms with Crippen LogP contribution in [0.5, 0.6) is 0 Å². The van der Waals surface area contributed by atoms with E-state index in [0.717, 1.165) is 17.8 Å². The predicted octanol–water partition coefficient (Wildman–Crippen LogP) is 3.06. The average molecular weight is 688 g/mol. The maximum atomic E-state index is 13.8. The molecule has 4 aromatic rings. The fourth-order valence-corrected chi connectivity index (χ4v) is 5.41. The molecule has 1 aromatic carbocycles. The van der Waals surface area contributed by atoms with E-state index in [0.29, 0.717) is 37.4 Å². The SMILES string of the molecule is N#CCCn1cc(-c2cnc3c(Nc4ccc(C(=O)N5CCN(C(=O)NC6CNC6)CC5)c(Cl)c4)nccn23)c(C(F)(F)F)n1.O=CO. The average Bonchev–Trinajstić information content (AvgIpc) is 3.67. The van der Waals surface area contributed by atoms with Gasteiger partial charge in [0.15, 0.2) is 17.2 Å². The molecule has 4 N–H and O–H groups in total. The van der Waals surface area contributed by atoms with Gasteiger partial charge in [0.05, 0.1) is 53.1 Å². The monoisotopic (exact) mass is 687 g/mol. The van der Waals surface area contributed by atoms with Crippen molar-refractivity contribution in [3.8, 4) is 17.3 Å². The zero-order valence-corrected chi connectivity index (χ0v) is 25.9. The number of nitrogens with one attached hydrogen (secondary N) is 3. The van der Waals surface area contributed by atoms with Crippen molar-refractivity contribution in [1.29, 1.82) is 5.26 Å². The van der Waals surface area contributed by atoms with E-state index >= 15 is 0 Å². The number of imidazole rings is 1. The molecule has 0 saturated carbocycles. The van der Waals surface area contributed by atoms with E-state index in [1.807, 2.05) is 6.07 Å². The lowest BCUT2D eigenvalue weighted by Crippen LogP contribution is -2.61. The number of halogens is 4. The van der Waals surface area contributed by atoms with E-state index in [1.54, 1.807) is 28.0 Å². The molecule has 19 heteroatoms. The molecule has 252 valence electrons. The highest BCUT2D eigenvalue weighted by Crippen LogP contribution is 2.37. The number of carboxylic acid groups (broad SMARTS) is 1. The van der Waals surface area contributed by atoms with E-state index in [-0.39, 0.29) is 65.2 Å². The molecule has 0 radical (unpaired) electrons. The summed E-state index contributed by atoms with van der Waals surface area (Å²) >= 11 is 6.52. The van der Waals surface area contributed by atoms with E-state index in [4.69, 9.17) is 26.8 Å². The number of fused-ring (bicyclic) bond motifs is 1. The van der Waals surface area contributed by atoms with E-state index in [1.165, 1.54) is 29.2 Å². The van der Waals surface area contributed by atoms with Gasteiger partial charge in [0, 0.05) is 63.5 Å². The van der Waals surface area contributed by atoms with Crippen molar-refractivity contribution in [2.24, 2.45) is 0 Å². The maximum Gasteiger partial charge on any atom is 0.435 e. The number of aromatic nitrogens is 5. The predicted molar refractivity (Wildman–Crippen MR) is 166 cm³/mol. The normalized spacial score (nSPS) is 14.8. The van der Waals surface area contributed by atoms with Crippen molar-refractivity contribution >= 4 is 47.2 Å². The molecule has 2 aliphatic heterocycles. The summed E-state index contributed by atoms with van der Waals surface area (Å²) in [4.78, 5) is 46.0. The lowest BCUT2D eigenvalue weighted by molar-refractivity contribution is -0.141. The van der Waals surface area contributed by atoms with Gasteiger partial charge in [0.1, 0.15) is 0 Å². The Morgan fingerprint density at radius 1 is 1.17 bits per heavy atom. The number of anilines is 2. The molecular weight excluding hydrogens is 659 g/mol. The maximum absolute atomic E-state index is 13.8. The van der Waals surface area contributed by atoms with Crippen LogP contribution in [0, 0.1) is 11.3 Å². The fourth-order valence-electron chi connectivity index (χ4n) is 5.15. The van der Waals surface area contributed by atoms with Gasteiger partial charge < -0.3 is 30.9 Å². The smallest absolute Gasteiger partial charge is 0.435 e. The second-order valence-electron chi connectivity index (χ2n) is 10.7. The number of alkyl halides is 3. The molecule has 0 aliphatic carbocycles. The first-order valence-electron chi connectivity index (χ1n) is 14.6. The van der Waals surface area contributed by atoms with E-state index < -0.39 is 11.9 Å². The number of rotatable bonds is 7. The molecule has 15 nitrogen and oxygen atoms in total. The van der Waals surface area contributed by atoms with Crippen LogP contribution < -0.4 is 16.0 Å². The van der Waals surface area contributed by atoms with Crippen molar-refractivity contribution in [2.45, 2.75) is 25.2 Å². The summed E-state index contributed by atoms with van der Waals surface area (Å²) in [6.45, 7) is 2.81. The summed E-state index contributed by atoms with van der Waals surface area (Å²) in [6.07, 6.45) is 0.719. The summed E-state index contributed by atoms with van der Waals surface area (Å²) in [7, 11) is 0. The Kier molecular flexibility index (Phi) is 10.3. The summed E-state index contributed by atoms with van der Waals surface area (Å²) in [5.41, 5.74) is -0.110. The summed E-state index contributed by atoms with van der Waals surface area (Å²) in [6, 6.07) is 6.68. The number of aryl methyl sites for hydroxylation is 1. The van der Waals surface area contributed by atoms with Gasteiger partial charge in [-0.3, -0.25) is 18.7 Å². The molecule has 6 rings (SSSR count). The lowest BCUT2D eigenvalue weighted by atomic mass is 10.1. The van der Waals surface area contributed by atoms with Crippen LogP contribution in [0.2, 0.25) is 5.02 Å². The Morgan fingerprint density at radius 3 is 2.50 bits per heavy atom. The first-order chi connectivity index (χ1) is 23.0. The molecule has 0 atom stereocenters. The van der Waals surface area contributed by atoms with Gasteiger partial charge >= 0.3 is 12.2 Å². The first-order valence-corrected chi connectivity index (χ1v) is 15.0. The van der Waals surface area contributed by atoms with Gasteiger partial charge in [0.25, 0.3) is 12.4 Å². The quantitative estimate of drug-likeness (QED) is 0.211. The van der Waals surface area contributed by atoms with Gasteiger partial charge in [-0.2, -0.15) is 23.5 Å². The Balaban J connectivity index is 0.00000145. The molecule has 0 spiro atoms.